The predicted octanol–water partition coefficient (Wildman–Crippen LogP) is 3.02. The summed E-state index contributed by atoms with van der Waals surface area (Å²) in [7, 11) is 1.86. The SMILES string of the molecule is CC(C)n1ncc2cc(-c3cc(=O)n4[nH]cc(-c5ccnn5C)c4n3)ccc21. The third-order valence-corrected chi connectivity index (χ3v) is 4.97. The summed E-state index contributed by atoms with van der Waals surface area (Å²) in [6.07, 6.45) is 5.35. The van der Waals surface area contributed by atoms with E-state index in [1.807, 2.05) is 42.2 Å². The Hall–Kier alpha value is -3.68. The van der Waals surface area contributed by atoms with Crippen LogP contribution >= 0.6 is 0 Å². The highest BCUT2D eigenvalue weighted by Gasteiger charge is 2.15. The summed E-state index contributed by atoms with van der Waals surface area (Å²) in [4.78, 5) is 17.4. The van der Waals surface area contributed by atoms with E-state index in [-0.39, 0.29) is 11.6 Å². The topological polar surface area (TPSA) is 85.8 Å². The fraction of sp³-hybridized carbons (Fsp3) is 0.200. The van der Waals surface area contributed by atoms with Crippen molar-refractivity contribution in [1.82, 2.24) is 34.2 Å². The lowest BCUT2D eigenvalue weighted by Gasteiger charge is -2.08. The third-order valence-electron chi connectivity index (χ3n) is 4.97. The Bertz CT molecular complexity index is 1380. The molecule has 0 aliphatic carbocycles. The summed E-state index contributed by atoms with van der Waals surface area (Å²) in [5.74, 6) is 0. The van der Waals surface area contributed by atoms with Gasteiger partial charge in [0.2, 0.25) is 0 Å². The van der Waals surface area contributed by atoms with Crippen LogP contribution in [0.5, 0.6) is 0 Å². The Balaban J connectivity index is 1.70. The van der Waals surface area contributed by atoms with E-state index in [9.17, 15) is 4.79 Å². The monoisotopic (exact) mass is 373 g/mol. The van der Waals surface area contributed by atoms with Crippen LogP contribution in [0.2, 0.25) is 0 Å². The molecule has 0 fully saturated rings. The Labute approximate surface area is 160 Å². The highest BCUT2D eigenvalue weighted by atomic mass is 16.1. The van der Waals surface area contributed by atoms with Gasteiger partial charge in [-0.15, -0.1) is 0 Å². The molecule has 0 saturated carbocycles. The molecule has 4 aromatic heterocycles. The maximum atomic E-state index is 12.7. The number of hydrogen-bond donors (Lipinski definition) is 1. The van der Waals surface area contributed by atoms with E-state index >= 15 is 0 Å². The van der Waals surface area contributed by atoms with E-state index in [2.05, 4.69) is 29.1 Å². The van der Waals surface area contributed by atoms with Crippen molar-refractivity contribution in [2.24, 2.45) is 7.05 Å². The van der Waals surface area contributed by atoms with Gasteiger partial charge in [-0.3, -0.25) is 19.3 Å². The van der Waals surface area contributed by atoms with Gasteiger partial charge in [0.25, 0.3) is 5.56 Å². The molecule has 28 heavy (non-hydrogen) atoms. The zero-order valence-electron chi connectivity index (χ0n) is 15.8. The van der Waals surface area contributed by atoms with E-state index < -0.39 is 0 Å². The molecule has 0 aliphatic heterocycles. The second-order valence-corrected chi connectivity index (χ2v) is 7.12. The number of benzene rings is 1. The van der Waals surface area contributed by atoms with Crippen molar-refractivity contribution in [3.8, 4) is 22.5 Å². The van der Waals surface area contributed by atoms with Gasteiger partial charge in [0.05, 0.1) is 28.7 Å². The van der Waals surface area contributed by atoms with E-state index in [0.29, 0.717) is 11.3 Å². The predicted molar refractivity (Wildman–Crippen MR) is 107 cm³/mol. The van der Waals surface area contributed by atoms with Gasteiger partial charge in [0.15, 0.2) is 5.65 Å². The summed E-state index contributed by atoms with van der Waals surface area (Å²) >= 11 is 0. The molecule has 0 bridgehead atoms. The smallest absolute Gasteiger partial charge is 0.273 e. The molecule has 0 amide bonds. The minimum absolute atomic E-state index is 0.161. The molecule has 8 heteroatoms. The van der Waals surface area contributed by atoms with E-state index in [1.54, 1.807) is 23.1 Å². The first-order valence-corrected chi connectivity index (χ1v) is 9.10. The lowest BCUT2D eigenvalue weighted by Crippen LogP contribution is -2.14. The first-order chi connectivity index (χ1) is 13.5. The van der Waals surface area contributed by atoms with Gasteiger partial charge in [-0.1, -0.05) is 6.07 Å². The zero-order chi connectivity index (χ0) is 19.4. The van der Waals surface area contributed by atoms with Gasteiger partial charge in [0.1, 0.15) is 0 Å². The number of nitrogens with zero attached hydrogens (tertiary/aromatic N) is 6. The number of H-pyrrole nitrogens is 1. The molecule has 5 rings (SSSR count). The van der Waals surface area contributed by atoms with Crippen molar-refractivity contribution < 1.29 is 0 Å². The molecule has 0 aliphatic rings. The van der Waals surface area contributed by atoms with Crippen molar-refractivity contribution in [1.29, 1.82) is 0 Å². The summed E-state index contributed by atoms with van der Waals surface area (Å²) in [5, 5.41) is 12.7. The van der Waals surface area contributed by atoms with Crippen LogP contribution in [-0.4, -0.2) is 34.2 Å². The zero-order valence-corrected chi connectivity index (χ0v) is 15.8. The standard InChI is InChI=1S/C20H19N7O/c1-12(2)26-17-5-4-13(8-14(17)10-22-26)16-9-19(28)27-20(24-16)15(11-23-27)18-6-7-21-25(18)3/h4-12,23H,1-3H3. The molecular formula is C20H19N7O. The fourth-order valence-corrected chi connectivity index (χ4v) is 3.58. The number of fused-ring (bicyclic) bond motifs is 2. The number of aromatic amines is 1. The molecule has 0 saturated heterocycles. The molecule has 140 valence electrons. The van der Waals surface area contributed by atoms with Crippen molar-refractivity contribution in [3.05, 3.63) is 59.3 Å². The molecule has 0 unspecified atom stereocenters. The third kappa shape index (κ3) is 2.38. The van der Waals surface area contributed by atoms with Crippen LogP contribution in [0.4, 0.5) is 0 Å². The Kier molecular flexibility index (Phi) is 3.48. The van der Waals surface area contributed by atoms with Gasteiger partial charge in [-0.25, -0.2) is 9.50 Å². The van der Waals surface area contributed by atoms with Gasteiger partial charge in [0, 0.05) is 42.5 Å². The maximum Gasteiger partial charge on any atom is 0.273 e. The average molecular weight is 373 g/mol. The Morgan fingerprint density at radius 2 is 1.96 bits per heavy atom. The lowest BCUT2D eigenvalue weighted by molar-refractivity contribution is 0.551. The quantitative estimate of drug-likeness (QED) is 0.527. The molecule has 8 nitrogen and oxygen atoms in total. The van der Waals surface area contributed by atoms with Crippen molar-refractivity contribution in [2.75, 3.05) is 0 Å². The van der Waals surface area contributed by atoms with Crippen molar-refractivity contribution in [3.63, 3.8) is 0 Å². The highest BCUT2D eigenvalue weighted by Crippen LogP contribution is 2.27. The minimum atomic E-state index is -0.161. The van der Waals surface area contributed by atoms with Crippen LogP contribution in [0.25, 0.3) is 39.1 Å². The van der Waals surface area contributed by atoms with Crippen LogP contribution in [0, 0.1) is 0 Å². The van der Waals surface area contributed by atoms with Gasteiger partial charge < -0.3 is 0 Å². The fourth-order valence-electron chi connectivity index (χ4n) is 3.58. The number of aromatic nitrogens is 7. The molecule has 0 spiro atoms. The van der Waals surface area contributed by atoms with Crippen LogP contribution < -0.4 is 5.56 Å². The largest absolute Gasteiger partial charge is 0.296 e. The second-order valence-electron chi connectivity index (χ2n) is 7.12. The van der Waals surface area contributed by atoms with Crippen LogP contribution in [0.1, 0.15) is 19.9 Å². The minimum Gasteiger partial charge on any atom is -0.296 e. The Morgan fingerprint density at radius 1 is 1.11 bits per heavy atom. The number of rotatable bonds is 3. The Morgan fingerprint density at radius 3 is 2.71 bits per heavy atom. The van der Waals surface area contributed by atoms with Gasteiger partial charge in [-0.05, 0) is 32.0 Å². The number of aryl methyl sites for hydroxylation is 1. The second kappa shape index (κ2) is 5.91. The number of nitrogens with one attached hydrogen (secondary N) is 1. The molecular weight excluding hydrogens is 354 g/mol. The molecule has 0 radical (unpaired) electrons. The number of hydrogen-bond acceptors (Lipinski definition) is 4. The maximum absolute atomic E-state index is 12.7. The summed E-state index contributed by atoms with van der Waals surface area (Å²) in [6.45, 7) is 4.20. The molecule has 0 atom stereocenters. The molecule has 5 aromatic rings. The van der Waals surface area contributed by atoms with E-state index in [0.717, 1.165) is 27.7 Å². The summed E-state index contributed by atoms with van der Waals surface area (Å²) in [5.41, 5.74) is 4.70. The molecule has 1 N–H and O–H groups in total. The van der Waals surface area contributed by atoms with Crippen LogP contribution in [0.3, 0.4) is 0 Å². The summed E-state index contributed by atoms with van der Waals surface area (Å²) < 4.78 is 5.19. The van der Waals surface area contributed by atoms with Gasteiger partial charge >= 0.3 is 0 Å². The first kappa shape index (κ1) is 16.5. The average Bonchev–Trinajstić information content (AvgIpc) is 3.38. The lowest BCUT2D eigenvalue weighted by atomic mass is 10.1. The van der Waals surface area contributed by atoms with E-state index in [1.165, 1.54) is 4.52 Å². The van der Waals surface area contributed by atoms with Gasteiger partial charge in [-0.2, -0.15) is 10.2 Å². The molecule has 1 aromatic carbocycles. The normalized spacial score (nSPS) is 11.9. The van der Waals surface area contributed by atoms with E-state index in [4.69, 9.17) is 4.98 Å². The highest BCUT2D eigenvalue weighted by molar-refractivity contribution is 5.84. The summed E-state index contributed by atoms with van der Waals surface area (Å²) in [6, 6.07) is 9.76. The van der Waals surface area contributed by atoms with Crippen molar-refractivity contribution >= 4 is 16.6 Å². The molecule has 4 heterocycles. The van der Waals surface area contributed by atoms with Crippen LogP contribution in [0.15, 0.2) is 53.7 Å². The first-order valence-electron chi connectivity index (χ1n) is 9.10. The van der Waals surface area contributed by atoms with Crippen LogP contribution in [-0.2, 0) is 7.05 Å². The van der Waals surface area contributed by atoms with Crippen molar-refractivity contribution in [2.45, 2.75) is 19.9 Å².